The van der Waals surface area contributed by atoms with Gasteiger partial charge in [-0.3, -0.25) is 4.79 Å². The van der Waals surface area contributed by atoms with Crippen molar-refractivity contribution in [3.63, 3.8) is 0 Å². The van der Waals surface area contributed by atoms with Gasteiger partial charge in [0.2, 0.25) is 0 Å². The molecule has 0 atom stereocenters. The van der Waals surface area contributed by atoms with Crippen LogP contribution in [0, 0.1) is 13.8 Å². The smallest absolute Gasteiger partial charge is 0.255 e. The molecule has 0 bridgehead atoms. The normalized spacial score (nSPS) is 10.3. The van der Waals surface area contributed by atoms with Crippen molar-refractivity contribution >= 4 is 28.9 Å². The second kappa shape index (κ2) is 5.33. The zero-order chi connectivity index (χ0) is 14.0. The summed E-state index contributed by atoms with van der Waals surface area (Å²) in [5, 5.41) is 3.43. The Bertz CT molecular complexity index is 598. The van der Waals surface area contributed by atoms with Crippen LogP contribution in [0.3, 0.4) is 0 Å². The van der Waals surface area contributed by atoms with Crippen LogP contribution in [0.4, 0.5) is 11.4 Å². The molecule has 0 spiro atoms. The third-order valence-electron chi connectivity index (χ3n) is 2.86. The number of amides is 1. The molecule has 0 aliphatic heterocycles. The highest BCUT2D eigenvalue weighted by Crippen LogP contribution is 2.25. The number of halogens is 1. The SMILES string of the molecule is Cc1cc(C)c(NC(=O)c2ccc(Cl)cc2)c(N)c1. The fourth-order valence-corrected chi connectivity index (χ4v) is 2.08. The van der Waals surface area contributed by atoms with Crippen LogP contribution in [-0.2, 0) is 0 Å². The van der Waals surface area contributed by atoms with Gasteiger partial charge in [0.1, 0.15) is 0 Å². The largest absolute Gasteiger partial charge is 0.397 e. The van der Waals surface area contributed by atoms with Crippen molar-refractivity contribution in [2.24, 2.45) is 0 Å². The van der Waals surface area contributed by atoms with Gasteiger partial charge in [-0.05, 0) is 55.3 Å². The lowest BCUT2D eigenvalue weighted by atomic mass is 10.1. The van der Waals surface area contributed by atoms with Crippen molar-refractivity contribution in [1.82, 2.24) is 0 Å². The molecule has 0 saturated carbocycles. The maximum atomic E-state index is 12.1. The Morgan fingerprint density at radius 2 is 1.79 bits per heavy atom. The van der Waals surface area contributed by atoms with E-state index in [2.05, 4.69) is 5.32 Å². The van der Waals surface area contributed by atoms with Gasteiger partial charge >= 0.3 is 0 Å². The summed E-state index contributed by atoms with van der Waals surface area (Å²) >= 11 is 5.79. The molecule has 0 aliphatic carbocycles. The van der Waals surface area contributed by atoms with Crippen LogP contribution in [-0.4, -0.2) is 5.91 Å². The third kappa shape index (κ3) is 3.06. The lowest BCUT2D eigenvalue weighted by Gasteiger charge is -2.12. The molecule has 0 aromatic heterocycles. The second-order valence-corrected chi connectivity index (χ2v) is 4.94. The van der Waals surface area contributed by atoms with Crippen molar-refractivity contribution < 1.29 is 4.79 Å². The lowest BCUT2D eigenvalue weighted by Crippen LogP contribution is -2.14. The fourth-order valence-electron chi connectivity index (χ4n) is 1.96. The summed E-state index contributed by atoms with van der Waals surface area (Å²) in [7, 11) is 0. The van der Waals surface area contributed by atoms with Crippen LogP contribution in [0.25, 0.3) is 0 Å². The molecule has 1 amide bonds. The lowest BCUT2D eigenvalue weighted by molar-refractivity contribution is 0.102. The first-order valence-corrected chi connectivity index (χ1v) is 6.29. The van der Waals surface area contributed by atoms with Gasteiger partial charge in [0, 0.05) is 10.6 Å². The number of nitrogen functional groups attached to an aromatic ring is 1. The predicted molar refractivity (Wildman–Crippen MR) is 79.7 cm³/mol. The number of nitrogens with one attached hydrogen (secondary N) is 1. The van der Waals surface area contributed by atoms with Crippen LogP contribution in [0.1, 0.15) is 21.5 Å². The number of hydrogen-bond acceptors (Lipinski definition) is 2. The number of nitrogens with two attached hydrogens (primary N) is 1. The summed E-state index contributed by atoms with van der Waals surface area (Å²) in [6.07, 6.45) is 0. The molecule has 0 heterocycles. The molecule has 2 rings (SSSR count). The molecule has 3 nitrogen and oxygen atoms in total. The number of hydrogen-bond donors (Lipinski definition) is 2. The first-order chi connectivity index (χ1) is 8.97. The van der Waals surface area contributed by atoms with E-state index in [4.69, 9.17) is 17.3 Å². The fraction of sp³-hybridized carbons (Fsp3) is 0.133. The Morgan fingerprint density at radius 3 is 2.37 bits per heavy atom. The molecular weight excluding hydrogens is 260 g/mol. The molecule has 0 saturated heterocycles. The van der Waals surface area contributed by atoms with E-state index in [1.165, 1.54) is 0 Å². The topological polar surface area (TPSA) is 55.1 Å². The first kappa shape index (κ1) is 13.4. The van der Waals surface area contributed by atoms with Gasteiger partial charge in [0.05, 0.1) is 11.4 Å². The van der Waals surface area contributed by atoms with Gasteiger partial charge in [0.15, 0.2) is 0 Å². The number of aryl methyl sites for hydroxylation is 2. The Labute approximate surface area is 117 Å². The second-order valence-electron chi connectivity index (χ2n) is 4.51. The van der Waals surface area contributed by atoms with Gasteiger partial charge in [-0.15, -0.1) is 0 Å². The Kier molecular flexibility index (Phi) is 3.76. The van der Waals surface area contributed by atoms with Gasteiger partial charge in [-0.2, -0.15) is 0 Å². The van der Waals surface area contributed by atoms with Gasteiger partial charge in [-0.1, -0.05) is 17.7 Å². The standard InChI is InChI=1S/C15H15ClN2O/c1-9-7-10(2)14(13(17)8-9)18-15(19)11-3-5-12(16)6-4-11/h3-8H,17H2,1-2H3,(H,18,19). The summed E-state index contributed by atoms with van der Waals surface area (Å²) in [6.45, 7) is 3.88. The zero-order valence-corrected chi connectivity index (χ0v) is 11.6. The van der Waals surface area contributed by atoms with E-state index in [1.807, 2.05) is 26.0 Å². The number of rotatable bonds is 2. The molecule has 0 aliphatic rings. The highest BCUT2D eigenvalue weighted by atomic mass is 35.5. The predicted octanol–water partition coefficient (Wildman–Crippen LogP) is 3.79. The Balaban J connectivity index is 2.26. The number of benzene rings is 2. The molecule has 4 heteroatoms. The monoisotopic (exact) mass is 274 g/mol. The van der Waals surface area contributed by atoms with E-state index >= 15 is 0 Å². The van der Waals surface area contributed by atoms with Crippen LogP contribution < -0.4 is 11.1 Å². The first-order valence-electron chi connectivity index (χ1n) is 5.91. The molecular formula is C15H15ClN2O. The van der Waals surface area contributed by atoms with E-state index in [0.717, 1.165) is 11.1 Å². The van der Waals surface area contributed by atoms with Crippen LogP contribution in [0.2, 0.25) is 5.02 Å². The minimum atomic E-state index is -0.199. The van der Waals surface area contributed by atoms with Crippen LogP contribution in [0.5, 0.6) is 0 Å². The van der Waals surface area contributed by atoms with E-state index in [9.17, 15) is 4.79 Å². The highest BCUT2D eigenvalue weighted by molar-refractivity contribution is 6.30. The Morgan fingerprint density at radius 1 is 1.16 bits per heavy atom. The van der Waals surface area contributed by atoms with Crippen molar-refractivity contribution in [3.8, 4) is 0 Å². The highest BCUT2D eigenvalue weighted by Gasteiger charge is 2.10. The molecule has 2 aromatic carbocycles. The summed E-state index contributed by atoms with van der Waals surface area (Å²) in [5.74, 6) is -0.199. The minimum absolute atomic E-state index is 0.199. The van der Waals surface area contributed by atoms with Crippen molar-refractivity contribution in [2.75, 3.05) is 11.1 Å². The van der Waals surface area contributed by atoms with E-state index in [1.54, 1.807) is 24.3 Å². The summed E-state index contributed by atoms with van der Waals surface area (Å²) < 4.78 is 0. The number of carbonyl (C=O) groups excluding carboxylic acids is 1. The van der Waals surface area contributed by atoms with Gasteiger partial charge in [-0.25, -0.2) is 0 Å². The molecule has 0 radical (unpaired) electrons. The quantitative estimate of drug-likeness (QED) is 0.819. The van der Waals surface area contributed by atoms with Crippen LogP contribution in [0.15, 0.2) is 36.4 Å². The van der Waals surface area contributed by atoms with Gasteiger partial charge < -0.3 is 11.1 Å². The van der Waals surface area contributed by atoms with Crippen molar-refractivity contribution in [1.29, 1.82) is 0 Å². The zero-order valence-electron chi connectivity index (χ0n) is 10.8. The average molecular weight is 275 g/mol. The molecule has 0 unspecified atom stereocenters. The number of anilines is 2. The molecule has 19 heavy (non-hydrogen) atoms. The minimum Gasteiger partial charge on any atom is -0.397 e. The van der Waals surface area contributed by atoms with E-state index in [0.29, 0.717) is 22.0 Å². The number of carbonyl (C=O) groups is 1. The molecule has 2 aromatic rings. The van der Waals surface area contributed by atoms with Crippen molar-refractivity contribution in [3.05, 3.63) is 58.1 Å². The van der Waals surface area contributed by atoms with Gasteiger partial charge in [0.25, 0.3) is 5.91 Å². The van der Waals surface area contributed by atoms with E-state index in [-0.39, 0.29) is 5.91 Å². The van der Waals surface area contributed by atoms with Crippen molar-refractivity contribution in [2.45, 2.75) is 13.8 Å². The summed E-state index contributed by atoms with van der Waals surface area (Å²) in [5.41, 5.74) is 9.72. The summed E-state index contributed by atoms with van der Waals surface area (Å²) in [4.78, 5) is 12.1. The van der Waals surface area contributed by atoms with Crippen LogP contribution >= 0.6 is 11.6 Å². The maximum absolute atomic E-state index is 12.1. The average Bonchev–Trinajstić information content (AvgIpc) is 2.34. The van der Waals surface area contributed by atoms with E-state index < -0.39 is 0 Å². The molecule has 0 fully saturated rings. The summed E-state index contributed by atoms with van der Waals surface area (Å²) in [6, 6.07) is 10.5. The molecule has 98 valence electrons. The molecule has 3 N–H and O–H groups in total. The third-order valence-corrected chi connectivity index (χ3v) is 3.11. The Hall–Kier alpha value is -2.00. The maximum Gasteiger partial charge on any atom is 0.255 e.